The van der Waals surface area contributed by atoms with Gasteiger partial charge in [0.1, 0.15) is 0 Å². The van der Waals surface area contributed by atoms with Crippen molar-refractivity contribution in [3.63, 3.8) is 0 Å². The van der Waals surface area contributed by atoms with Crippen molar-refractivity contribution in [1.29, 1.82) is 5.26 Å². The van der Waals surface area contributed by atoms with E-state index in [4.69, 9.17) is 10.00 Å². The summed E-state index contributed by atoms with van der Waals surface area (Å²) in [5.41, 5.74) is 3.09. The van der Waals surface area contributed by atoms with Crippen LogP contribution in [0.4, 0.5) is 0 Å². The fraction of sp³-hybridized carbons (Fsp3) is 0.235. The standard InChI is InChI=1S/C17H17NO/c1-13(2)9-10-19-12-15-8-7-14(11-18)16-5-3-4-6-17(15)16/h3-9H,10,12H2,1-2H3. The minimum atomic E-state index is 0.565. The monoisotopic (exact) mass is 251 g/mol. The molecule has 0 aliphatic heterocycles. The van der Waals surface area contributed by atoms with Crippen LogP contribution in [0.3, 0.4) is 0 Å². The molecule has 0 saturated heterocycles. The van der Waals surface area contributed by atoms with E-state index >= 15 is 0 Å². The van der Waals surface area contributed by atoms with Crippen molar-refractivity contribution in [1.82, 2.24) is 0 Å². The molecule has 2 nitrogen and oxygen atoms in total. The first-order valence-corrected chi connectivity index (χ1v) is 6.34. The Bertz CT molecular complexity index is 646. The minimum absolute atomic E-state index is 0.565. The van der Waals surface area contributed by atoms with Crippen LogP contribution in [-0.2, 0) is 11.3 Å². The molecule has 0 amide bonds. The molecule has 0 aliphatic rings. The Morgan fingerprint density at radius 1 is 1.16 bits per heavy atom. The summed E-state index contributed by atoms with van der Waals surface area (Å²) in [6.45, 7) is 5.30. The Morgan fingerprint density at radius 2 is 1.89 bits per heavy atom. The number of hydrogen-bond acceptors (Lipinski definition) is 2. The van der Waals surface area contributed by atoms with E-state index in [0.29, 0.717) is 18.8 Å². The number of allylic oxidation sites excluding steroid dienone is 1. The van der Waals surface area contributed by atoms with E-state index in [-0.39, 0.29) is 0 Å². The molecular weight excluding hydrogens is 234 g/mol. The second kappa shape index (κ2) is 6.17. The van der Waals surface area contributed by atoms with Gasteiger partial charge in [-0.2, -0.15) is 5.26 Å². The van der Waals surface area contributed by atoms with Crippen molar-refractivity contribution in [2.45, 2.75) is 20.5 Å². The molecular formula is C17H17NO. The van der Waals surface area contributed by atoms with Gasteiger partial charge in [-0.1, -0.05) is 42.0 Å². The SMILES string of the molecule is CC(C)=CCOCc1ccc(C#N)c2ccccc12. The molecule has 2 heteroatoms. The second-order valence-electron chi connectivity index (χ2n) is 4.73. The van der Waals surface area contributed by atoms with E-state index in [9.17, 15) is 0 Å². The van der Waals surface area contributed by atoms with Gasteiger partial charge in [0.15, 0.2) is 0 Å². The first kappa shape index (κ1) is 13.3. The molecule has 0 radical (unpaired) electrons. The lowest BCUT2D eigenvalue weighted by Gasteiger charge is -2.08. The maximum atomic E-state index is 9.11. The average molecular weight is 251 g/mol. The number of fused-ring (bicyclic) bond motifs is 1. The summed E-state index contributed by atoms with van der Waals surface area (Å²) in [5, 5.41) is 11.2. The fourth-order valence-corrected chi connectivity index (χ4v) is 1.98. The molecule has 0 unspecified atom stereocenters. The zero-order valence-electron chi connectivity index (χ0n) is 11.3. The number of nitriles is 1. The Morgan fingerprint density at radius 3 is 2.58 bits per heavy atom. The average Bonchev–Trinajstić information content (AvgIpc) is 2.43. The van der Waals surface area contributed by atoms with Crippen LogP contribution in [0.1, 0.15) is 25.0 Å². The minimum Gasteiger partial charge on any atom is -0.373 e. The number of rotatable bonds is 4. The molecule has 96 valence electrons. The van der Waals surface area contributed by atoms with Gasteiger partial charge in [0.25, 0.3) is 0 Å². The summed E-state index contributed by atoms with van der Waals surface area (Å²) in [4.78, 5) is 0. The number of hydrogen-bond donors (Lipinski definition) is 0. The van der Waals surface area contributed by atoms with Crippen molar-refractivity contribution in [3.8, 4) is 6.07 Å². The van der Waals surface area contributed by atoms with Crippen LogP contribution >= 0.6 is 0 Å². The summed E-state index contributed by atoms with van der Waals surface area (Å²) in [5.74, 6) is 0. The highest BCUT2D eigenvalue weighted by Gasteiger charge is 2.04. The lowest BCUT2D eigenvalue weighted by atomic mass is 10.0. The summed E-state index contributed by atoms with van der Waals surface area (Å²) in [6, 6.07) is 14.0. The van der Waals surface area contributed by atoms with E-state index in [1.165, 1.54) is 5.57 Å². The smallest absolute Gasteiger partial charge is 0.0998 e. The Hall–Kier alpha value is -2.11. The van der Waals surface area contributed by atoms with Gasteiger partial charge < -0.3 is 4.74 Å². The Balaban J connectivity index is 2.25. The number of benzene rings is 2. The van der Waals surface area contributed by atoms with E-state index in [1.54, 1.807) is 0 Å². The van der Waals surface area contributed by atoms with Gasteiger partial charge >= 0.3 is 0 Å². The lowest BCUT2D eigenvalue weighted by Crippen LogP contribution is -1.95. The molecule has 0 saturated carbocycles. The van der Waals surface area contributed by atoms with Gasteiger partial charge in [-0.3, -0.25) is 0 Å². The molecule has 2 aromatic carbocycles. The normalized spacial score (nSPS) is 10.2. The highest BCUT2D eigenvalue weighted by molar-refractivity contribution is 5.90. The number of nitrogens with zero attached hydrogens (tertiary/aromatic N) is 1. The molecule has 0 bridgehead atoms. The third-order valence-corrected chi connectivity index (χ3v) is 3.00. The summed E-state index contributed by atoms with van der Waals surface area (Å²) in [7, 11) is 0. The van der Waals surface area contributed by atoms with Gasteiger partial charge in [-0.05, 0) is 36.2 Å². The van der Waals surface area contributed by atoms with E-state index in [2.05, 4.69) is 26.0 Å². The molecule has 0 aromatic heterocycles. The van der Waals surface area contributed by atoms with Gasteiger partial charge in [0, 0.05) is 0 Å². The fourth-order valence-electron chi connectivity index (χ4n) is 1.98. The summed E-state index contributed by atoms with van der Waals surface area (Å²) < 4.78 is 5.65. The molecule has 2 aromatic rings. The van der Waals surface area contributed by atoms with Gasteiger partial charge in [-0.25, -0.2) is 0 Å². The molecule has 0 aliphatic carbocycles. The molecule has 0 N–H and O–H groups in total. The molecule has 19 heavy (non-hydrogen) atoms. The topological polar surface area (TPSA) is 33.0 Å². The Kier molecular flexibility index (Phi) is 4.33. The third kappa shape index (κ3) is 3.21. The van der Waals surface area contributed by atoms with Gasteiger partial charge in [0.2, 0.25) is 0 Å². The van der Waals surface area contributed by atoms with Gasteiger partial charge in [-0.15, -0.1) is 0 Å². The predicted molar refractivity (Wildman–Crippen MR) is 77.8 cm³/mol. The van der Waals surface area contributed by atoms with Crippen LogP contribution in [0.5, 0.6) is 0 Å². The molecule has 0 atom stereocenters. The van der Waals surface area contributed by atoms with Crippen molar-refractivity contribution in [2.75, 3.05) is 6.61 Å². The van der Waals surface area contributed by atoms with Crippen LogP contribution in [0.15, 0.2) is 48.0 Å². The van der Waals surface area contributed by atoms with Crippen LogP contribution in [0.2, 0.25) is 0 Å². The largest absolute Gasteiger partial charge is 0.373 e. The first-order valence-electron chi connectivity index (χ1n) is 6.34. The molecule has 0 spiro atoms. The predicted octanol–water partition coefficient (Wildman–Crippen LogP) is 4.19. The zero-order chi connectivity index (χ0) is 13.7. The lowest BCUT2D eigenvalue weighted by molar-refractivity contribution is 0.149. The van der Waals surface area contributed by atoms with Crippen molar-refractivity contribution >= 4 is 10.8 Å². The first-order chi connectivity index (χ1) is 9.22. The number of ether oxygens (including phenoxy) is 1. The van der Waals surface area contributed by atoms with Crippen molar-refractivity contribution in [2.24, 2.45) is 0 Å². The Labute approximate surface area is 113 Å². The highest BCUT2D eigenvalue weighted by atomic mass is 16.5. The van der Waals surface area contributed by atoms with Gasteiger partial charge in [0.05, 0.1) is 24.8 Å². The third-order valence-electron chi connectivity index (χ3n) is 3.00. The van der Waals surface area contributed by atoms with Crippen LogP contribution in [0, 0.1) is 11.3 Å². The summed E-state index contributed by atoms with van der Waals surface area (Å²) >= 11 is 0. The van der Waals surface area contributed by atoms with Crippen LogP contribution in [0.25, 0.3) is 10.8 Å². The summed E-state index contributed by atoms with van der Waals surface area (Å²) in [6.07, 6.45) is 2.06. The van der Waals surface area contributed by atoms with Crippen LogP contribution in [-0.4, -0.2) is 6.61 Å². The molecule has 2 rings (SSSR count). The van der Waals surface area contributed by atoms with Crippen molar-refractivity contribution in [3.05, 3.63) is 59.2 Å². The zero-order valence-corrected chi connectivity index (χ0v) is 11.3. The second-order valence-corrected chi connectivity index (χ2v) is 4.73. The molecule has 0 heterocycles. The van der Waals surface area contributed by atoms with Crippen molar-refractivity contribution < 1.29 is 4.74 Å². The quantitative estimate of drug-likeness (QED) is 0.603. The maximum absolute atomic E-state index is 9.11. The van der Waals surface area contributed by atoms with Crippen LogP contribution < -0.4 is 0 Å². The highest BCUT2D eigenvalue weighted by Crippen LogP contribution is 2.23. The molecule has 0 fully saturated rings. The maximum Gasteiger partial charge on any atom is 0.0998 e. The van der Waals surface area contributed by atoms with E-state index in [1.807, 2.05) is 36.4 Å². The van der Waals surface area contributed by atoms with E-state index < -0.39 is 0 Å². The van der Waals surface area contributed by atoms with E-state index in [0.717, 1.165) is 16.3 Å².